The molecule has 0 saturated heterocycles. The zero-order valence-corrected chi connectivity index (χ0v) is 52.3. The van der Waals surface area contributed by atoms with Gasteiger partial charge in [0.05, 0.1) is 0 Å². The lowest BCUT2D eigenvalue weighted by Gasteiger charge is -2.18. The molecule has 6 heteroatoms. The number of hydrogen-bond donors (Lipinski definition) is 0. The fourth-order valence-corrected chi connectivity index (χ4v) is 9.14. The van der Waals surface area contributed by atoms with Crippen LogP contribution in [-0.4, -0.2) is 37.2 Å². The largest absolute Gasteiger partial charge is 0.462 e. The molecule has 0 aromatic rings. The molecule has 0 aromatic heterocycles. The maximum Gasteiger partial charge on any atom is 0.306 e. The highest BCUT2D eigenvalue weighted by Crippen LogP contribution is 2.16. The van der Waals surface area contributed by atoms with Crippen LogP contribution in [0.2, 0.25) is 0 Å². The number of allylic oxidation sites excluding steroid dienone is 20. The van der Waals surface area contributed by atoms with Crippen LogP contribution >= 0.6 is 0 Å². The van der Waals surface area contributed by atoms with Crippen molar-refractivity contribution in [1.29, 1.82) is 0 Å². The van der Waals surface area contributed by atoms with Gasteiger partial charge >= 0.3 is 17.9 Å². The Bertz CT molecular complexity index is 1650. The summed E-state index contributed by atoms with van der Waals surface area (Å²) in [7, 11) is 0. The quantitative estimate of drug-likeness (QED) is 0.0261. The molecule has 6 nitrogen and oxygen atoms in total. The molecular weight excluding hydrogens is 985 g/mol. The predicted molar refractivity (Wildman–Crippen MR) is 348 cm³/mol. The molecule has 0 aliphatic carbocycles. The molecule has 0 heterocycles. The molecule has 0 saturated carbocycles. The Kier molecular flexibility index (Phi) is 63.8. The number of carbonyl (C=O) groups excluding carboxylic acids is 3. The van der Waals surface area contributed by atoms with Gasteiger partial charge in [-0.05, 0) is 128 Å². The van der Waals surface area contributed by atoms with Crippen molar-refractivity contribution in [3.8, 4) is 0 Å². The van der Waals surface area contributed by atoms with Crippen LogP contribution in [-0.2, 0) is 28.6 Å². The molecule has 0 radical (unpaired) electrons. The van der Waals surface area contributed by atoms with E-state index in [1.54, 1.807) is 0 Å². The predicted octanol–water partition coefficient (Wildman–Crippen LogP) is 23.2. The summed E-state index contributed by atoms with van der Waals surface area (Å²) in [5.74, 6) is -0.940. The van der Waals surface area contributed by atoms with Crippen LogP contribution in [0.15, 0.2) is 122 Å². The monoisotopic (exact) mass is 1110 g/mol. The van der Waals surface area contributed by atoms with Gasteiger partial charge in [-0.1, -0.05) is 284 Å². The third-order valence-corrected chi connectivity index (χ3v) is 14.2. The van der Waals surface area contributed by atoms with Crippen LogP contribution in [0.4, 0.5) is 0 Å². The molecule has 1 atom stereocenters. The minimum absolute atomic E-state index is 0.0978. The molecule has 80 heavy (non-hydrogen) atoms. The van der Waals surface area contributed by atoms with E-state index in [1.165, 1.54) is 135 Å². The fourth-order valence-electron chi connectivity index (χ4n) is 9.14. The lowest BCUT2D eigenvalue weighted by molar-refractivity contribution is -0.167. The van der Waals surface area contributed by atoms with Gasteiger partial charge in [0, 0.05) is 19.3 Å². The summed E-state index contributed by atoms with van der Waals surface area (Å²) in [5.41, 5.74) is 0. The first-order chi connectivity index (χ1) is 39.5. The molecule has 0 bridgehead atoms. The minimum atomic E-state index is -0.806. The SMILES string of the molecule is CC/C=C\C/C=C\C/C=C\C/C=C\C/C=C\CCCCCC(=O)OC(COC(=O)CCCCCCC/C=C\C/C=C\CCCC)COC(=O)CCCCCCCCCCCCCCCC/C=C\C/C=C\C/C=C\CCCCCCC. The van der Waals surface area contributed by atoms with Crippen molar-refractivity contribution in [2.24, 2.45) is 0 Å². The number of carbonyl (C=O) groups is 3. The summed E-state index contributed by atoms with van der Waals surface area (Å²) in [5, 5.41) is 0. The molecule has 0 aliphatic rings. The highest BCUT2D eigenvalue weighted by atomic mass is 16.6. The summed E-state index contributed by atoms with van der Waals surface area (Å²) in [4.78, 5) is 38.3. The van der Waals surface area contributed by atoms with Crippen LogP contribution in [0.25, 0.3) is 0 Å². The van der Waals surface area contributed by atoms with Crippen LogP contribution in [0.1, 0.15) is 310 Å². The van der Waals surface area contributed by atoms with Crippen LogP contribution in [0.5, 0.6) is 0 Å². The van der Waals surface area contributed by atoms with E-state index in [0.717, 1.165) is 135 Å². The summed E-state index contributed by atoms with van der Waals surface area (Å²) < 4.78 is 16.9. The normalized spacial score (nSPS) is 12.9. The minimum Gasteiger partial charge on any atom is -0.462 e. The van der Waals surface area contributed by atoms with Gasteiger partial charge in [0.15, 0.2) is 6.10 Å². The van der Waals surface area contributed by atoms with E-state index in [0.29, 0.717) is 12.8 Å². The number of esters is 3. The van der Waals surface area contributed by atoms with Gasteiger partial charge in [-0.3, -0.25) is 14.4 Å². The van der Waals surface area contributed by atoms with Gasteiger partial charge < -0.3 is 14.2 Å². The summed E-state index contributed by atoms with van der Waals surface area (Å²) in [6.07, 6.45) is 93.6. The molecule has 0 fully saturated rings. The van der Waals surface area contributed by atoms with Crippen molar-refractivity contribution in [2.45, 2.75) is 316 Å². The summed E-state index contributed by atoms with van der Waals surface area (Å²) in [6.45, 7) is 6.45. The van der Waals surface area contributed by atoms with Crippen LogP contribution < -0.4 is 0 Å². The average molecular weight is 1110 g/mol. The Balaban J connectivity index is 4.33. The molecule has 0 N–H and O–H groups in total. The lowest BCUT2D eigenvalue weighted by Crippen LogP contribution is -2.30. The van der Waals surface area contributed by atoms with Crippen molar-refractivity contribution in [3.05, 3.63) is 122 Å². The molecular formula is C74H124O6. The van der Waals surface area contributed by atoms with Crippen molar-refractivity contribution in [1.82, 2.24) is 0 Å². The highest BCUT2D eigenvalue weighted by Gasteiger charge is 2.19. The van der Waals surface area contributed by atoms with Crippen molar-refractivity contribution < 1.29 is 28.6 Å². The van der Waals surface area contributed by atoms with E-state index in [-0.39, 0.29) is 37.5 Å². The zero-order valence-electron chi connectivity index (χ0n) is 52.3. The van der Waals surface area contributed by atoms with E-state index in [4.69, 9.17) is 14.2 Å². The fraction of sp³-hybridized carbons (Fsp3) is 0.689. The Morgan fingerprint density at radius 1 is 0.263 bits per heavy atom. The van der Waals surface area contributed by atoms with Gasteiger partial charge in [-0.2, -0.15) is 0 Å². The molecule has 0 aliphatic heterocycles. The topological polar surface area (TPSA) is 78.9 Å². The Morgan fingerprint density at radius 3 is 0.812 bits per heavy atom. The second-order valence-corrected chi connectivity index (χ2v) is 22.0. The number of rotatable bonds is 60. The first-order valence-electron chi connectivity index (χ1n) is 33.5. The zero-order chi connectivity index (χ0) is 57.8. The molecule has 0 aromatic carbocycles. The second kappa shape index (κ2) is 67.3. The van der Waals surface area contributed by atoms with E-state index >= 15 is 0 Å². The van der Waals surface area contributed by atoms with Gasteiger partial charge in [-0.25, -0.2) is 0 Å². The van der Waals surface area contributed by atoms with E-state index in [2.05, 4.69) is 142 Å². The second-order valence-electron chi connectivity index (χ2n) is 22.0. The van der Waals surface area contributed by atoms with Crippen molar-refractivity contribution >= 4 is 17.9 Å². The Labute approximate surface area is 494 Å². The standard InChI is InChI=1S/C74H124O6/c1-4-7-10-13-16-19-22-25-28-30-32-33-34-35-36-37-38-39-40-41-43-44-46-49-52-55-58-61-64-67-73(76)79-70-71(69-78-72(75)66-63-60-57-54-51-48-27-24-21-18-15-12-9-6-3)80-74(77)68-65-62-59-56-53-50-47-45-42-31-29-26-23-20-17-14-11-8-5-2/h8,11,15,17-18,20,22,24-27,29-30,32,34-35,42,45,50,53,71H,4-7,9-10,12-14,16,19,21,23,28,31,33,36-41,43-44,46-49,51-52,54-70H2,1-3H3/b11-8-,18-15-,20-17-,25-22-,27-24-,29-26-,32-30-,35-34-,45-42-,53-50-. The van der Waals surface area contributed by atoms with Gasteiger partial charge in [0.25, 0.3) is 0 Å². The maximum absolute atomic E-state index is 12.9. The van der Waals surface area contributed by atoms with Gasteiger partial charge in [0.2, 0.25) is 0 Å². The van der Waals surface area contributed by atoms with Gasteiger partial charge in [-0.15, -0.1) is 0 Å². The van der Waals surface area contributed by atoms with Crippen molar-refractivity contribution in [2.75, 3.05) is 13.2 Å². The number of hydrogen-bond acceptors (Lipinski definition) is 6. The van der Waals surface area contributed by atoms with E-state index < -0.39 is 6.10 Å². The molecule has 0 spiro atoms. The highest BCUT2D eigenvalue weighted by molar-refractivity contribution is 5.71. The number of unbranched alkanes of at least 4 members (excludes halogenated alkanes) is 29. The third-order valence-electron chi connectivity index (χ3n) is 14.2. The lowest BCUT2D eigenvalue weighted by atomic mass is 10.0. The summed E-state index contributed by atoms with van der Waals surface area (Å²) in [6, 6.07) is 0. The Morgan fingerprint density at radius 2 is 0.500 bits per heavy atom. The Hall–Kier alpha value is -4.19. The smallest absolute Gasteiger partial charge is 0.306 e. The molecule has 1 unspecified atom stereocenters. The van der Waals surface area contributed by atoms with Crippen LogP contribution in [0.3, 0.4) is 0 Å². The van der Waals surface area contributed by atoms with Crippen LogP contribution in [0, 0.1) is 0 Å². The first kappa shape index (κ1) is 75.8. The molecule has 456 valence electrons. The summed E-state index contributed by atoms with van der Waals surface area (Å²) >= 11 is 0. The number of ether oxygens (including phenoxy) is 3. The van der Waals surface area contributed by atoms with E-state index in [1.807, 2.05) is 0 Å². The maximum atomic E-state index is 12.9. The molecule has 0 rings (SSSR count). The van der Waals surface area contributed by atoms with E-state index in [9.17, 15) is 14.4 Å². The third kappa shape index (κ3) is 64.6. The average Bonchev–Trinajstić information content (AvgIpc) is 3.46. The van der Waals surface area contributed by atoms with Crippen molar-refractivity contribution in [3.63, 3.8) is 0 Å². The van der Waals surface area contributed by atoms with Gasteiger partial charge in [0.1, 0.15) is 13.2 Å². The molecule has 0 amide bonds. The first-order valence-corrected chi connectivity index (χ1v) is 33.5.